The van der Waals surface area contributed by atoms with Crippen LogP contribution in [-0.4, -0.2) is 31.3 Å². The molecule has 0 saturated carbocycles. The lowest BCUT2D eigenvalue weighted by molar-refractivity contribution is 0.0532. The van der Waals surface area contributed by atoms with Crippen molar-refractivity contribution < 1.29 is 14.6 Å². The van der Waals surface area contributed by atoms with Crippen LogP contribution in [0.1, 0.15) is 34.0 Å². The van der Waals surface area contributed by atoms with E-state index in [1.165, 1.54) is 11.3 Å². The summed E-state index contributed by atoms with van der Waals surface area (Å²) in [6.45, 7) is 2.87. The van der Waals surface area contributed by atoms with Gasteiger partial charge in [-0.2, -0.15) is 0 Å². The first-order valence-electron chi connectivity index (χ1n) is 7.33. The van der Waals surface area contributed by atoms with Gasteiger partial charge < -0.3 is 14.7 Å². The standard InChI is InChI=1S/C17H21NO3S/c1-3-21-17(20)16-10-9-15(22-16)14(19)11-12-18(2)13-7-5-4-6-8-13/h4-10,14,19H,3,11-12H2,1-2H3. The highest BCUT2D eigenvalue weighted by atomic mass is 32.1. The van der Waals surface area contributed by atoms with Crippen molar-refractivity contribution in [2.24, 2.45) is 0 Å². The largest absolute Gasteiger partial charge is 0.462 e. The monoisotopic (exact) mass is 319 g/mol. The number of hydrogen-bond donors (Lipinski definition) is 1. The fourth-order valence-electron chi connectivity index (χ4n) is 2.11. The molecule has 2 aromatic rings. The summed E-state index contributed by atoms with van der Waals surface area (Å²) in [5.74, 6) is -0.327. The topological polar surface area (TPSA) is 49.8 Å². The van der Waals surface area contributed by atoms with Crippen molar-refractivity contribution in [2.75, 3.05) is 25.1 Å². The number of thiophene rings is 1. The fraction of sp³-hybridized carbons (Fsp3) is 0.353. The molecule has 0 aliphatic heterocycles. The van der Waals surface area contributed by atoms with E-state index in [2.05, 4.69) is 4.90 Å². The molecule has 1 N–H and O–H groups in total. The maximum atomic E-state index is 11.6. The number of carbonyl (C=O) groups is 1. The third kappa shape index (κ3) is 4.32. The Balaban J connectivity index is 1.90. The van der Waals surface area contributed by atoms with Gasteiger partial charge >= 0.3 is 5.97 Å². The average molecular weight is 319 g/mol. The first kappa shape index (κ1) is 16.5. The van der Waals surface area contributed by atoms with Crippen molar-refractivity contribution >= 4 is 23.0 Å². The fourth-order valence-corrected chi connectivity index (χ4v) is 3.04. The van der Waals surface area contributed by atoms with E-state index in [0.717, 1.165) is 17.1 Å². The Kier molecular flexibility index (Phi) is 5.98. The molecule has 1 atom stereocenters. The number of rotatable bonds is 7. The molecule has 1 aromatic carbocycles. The molecule has 118 valence electrons. The van der Waals surface area contributed by atoms with E-state index in [-0.39, 0.29) is 5.97 Å². The highest BCUT2D eigenvalue weighted by Crippen LogP contribution is 2.26. The molecular weight excluding hydrogens is 298 g/mol. The molecule has 0 fully saturated rings. The van der Waals surface area contributed by atoms with Gasteiger partial charge in [0, 0.05) is 24.2 Å². The number of aliphatic hydroxyl groups is 1. The Hall–Kier alpha value is -1.85. The molecule has 1 unspecified atom stereocenters. The van der Waals surface area contributed by atoms with Gasteiger partial charge in [0.15, 0.2) is 0 Å². The normalized spacial score (nSPS) is 12.0. The summed E-state index contributed by atoms with van der Waals surface area (Å²) < 4.78 is 4.96. The van der Waals surface area contributed by atoms with E-state index < -0.39 is 6.10 Å². The summed E-state index contributed by atoms with van der Waals surface area (Å²) in [5.41, 5.74) is 1.12. The predicted octanol–water partition coefficient (Wildman–Crippen LogP) is 3.48. The van der Waals surface area contributed by atoms with Crippen LogP contribution in [0.15, 0.2) is 42.5 Å². The van der Waals surface area contributed by atoms with Gasteiger partial charge in [-0.1, -0.05) is 18.2 Å². The minimum absolute atomic E-state index is 0.327. The lowest BCUT2D eigenvalue weighted by Gasteiger charge is -2.20. The summed E-state index contributed by atoms with van der Waals surface area (Å²) in [4.78, 5) is 15.1. The summed E-state index contributed by atoms with van der Waals surface area (Å²) >= 11 is 1.29. The molecule has 0 spiro atoms. The molecule has 4 nitrogen and oxygen atoms in total. The molecule has 1 heterocycles. The Labute approximate surface area is 135 Å². The van der Waals surface area contributed by atoms with Gasteiger partial charge in [0.25, 0.3) is 0 Å². The first-order chi connectivity index (χ1) is 10.6. The van der Waals surface area contributed by atoms with E-state index in [1.807, 2.05) is 37.4 Å². The zero-order valence-corrected chi connectivity index (χ0v) is 13.7. The third-order valence-electron chi connectivity index (χ3n) is 3.37. The number of esters is 1. The summed E-state index contributed by atoms with van der Waals surface area (Å²) in [6.07, 6.45) is 0.0353. The number of ether oxygens (including phenoxy) is 1. The van der Waals surface area contributed by atoms with Crippen LogP contribution in [0, 0.1) is 0 Å². The van der Waals surface area contributed by atoms with Gasteiger partial charge in [-0.25, -0.2) is 4.79 Å². The molecule has 1 aromatic heterocycles. The van der Waals surface area contributed by atoms with Crippen LogP contribution in [0.5, 0.6) is 0 Å². The lowest BCUT2D eigenvalue weighted by Crippen LogP contribution is -2.20. The minimum atomic E-state index is -0.570. The van der Waals surface area contributed by atoms with Gasteiger partial charge in [-0.15, -0.1) is 11.3 Å². The SMILES string of the molecule is CCOC(=O)c1ccc(C(O)CCN(C)c2ccccc2)s1. The van der Waals surface area contributed by atoms with Crippen molar-refractivity contribution in [2.45, 2.75) is 19.4 Å². The van der Waals surface area contributed by atoms with E-state index in [0.29, 0.717) is 17.9 Å². The second-order valence-electron chi connectivity index (χ2n) is 4.98. The lowest BCUT2D eigenvalue weighted by atomic mass is 10.2. The molecular formula is C17H21NO3S. The van der Waals surface area contributed by atoms with E-state index in [9.17, 15) is 9.90 Å². The highest BCUT2D eigenvalue weighted by Gasteiger charge is 2.15. The van der Waals surface area contributed by atoms with Crippen molar-refractivity contribution in [1.29, 1.82) is 0 Å². The Morgan fingerprint density at radius 1 is 1.27 bits per heavy atom. The first-order valence-corrected chi connectivity index (χ1v) is 8.14. The number of carbonyl (C=O) groups excluding carboxylic acids is 1. The quantitative estimate of drug-likeness (QED) is 0.794. The smallest absolute Gasteiger partial charge is 0.348 e. The molecule has 5 heteroatoms. The molecule has 0 radical (unpaired) electrons. The van der Waals surface area contributed by atoms with Gasteiger partial charge in [0.05, 0.1) is 12.7 Å². The molecule has 22 heavy (non-hydrogen) atoms. The second kappa shape index (κ2) is 7.96. The van der Waals surface area contributed by atoms with Gasteiger partial charge in [0.2, 0.25) is 0 Å². The van der Waals surface area contributed by atoms with Crippen LogP contribution in [-0.2, 0) is 4.74 Å². The number of hydrogen-bond acceptors (Lipinski definition) is 5. The van der Waals surface area contributed by atoms with Gasteiger partial charge in [0.1, 0.15) is 4.88 Å². The maximum absolute atomic E-state index is 11.6. The van der Waals surface area contributed by atoms with E-state index in [4.69, 9.17) is 4.74 Å². The maximum Gasteiger partial charge on any atom is 0.348 e. The molecule has 0 saturated heterocycles. The van der Waals surface area contributed by atoms with Crippen molar-refractivity contribution in [3.63, 3.8) is 0 Å². The van der Waals surface area contributed by atoms with Gasteiger partial charge in [-0.05, 0) is 37.6 Å². The number of nitrogens with zero attached hydrogens (tertiary/aromatic N) is 1. The van der Waals surface area contributed by atoms with Crippen LogP contribution in [0.2, 0.25) is 0 Å². The summed E-state index contributed by atoms with van der Waals surface area (Å²) in [5, 5.41) is 10.3. The molecule has 0 aliphatic rings. The van der Waals surface area contributed by atoms with E-state index in [1.54, 1.807) is 19.1 Å². The number of anilines is 1. The minimum Gasteiger partial charge on any atom is -0.462 e. The Bertz CT molecular complexity index is 597. The average Bonchev–Trinajstić information content (AvgIpc) is 3.03. The van der Waals surface area contributed by atoms with Gasteiger partial charge in [-0.3, -0.25) is 0 Å². The van der Waals surface area contributed by atoms with Crippen molar-refractivity contribution in [3.05, 3.63) is 52.2 Å². The van der Waals surface area contributed by atoms with Crippen LogP contribution in [0.4, 0.5) is 5.69 Å². The number of benzene rings is 1. The van der Waals surface area contributed by atoms with Crippen LogP contribution in [0.25, 0.3) is 0 Å². The Morgan fingerprint density at radius 2 is 2.00 bits per heavy atom. The predicted molar refractivity (Wildman–Crippen MR) is 89.6 cm³/mol. The van der Waals surface area contributed by atoms with Crippen molar-refractivity contribution in [3.8, 4) is 0 Å². The third-order valence-corrected chi connectivity index (χ3v) is 4.53. The zero-order valence-electron chi connectivity index (χ0n) is 12.9. The summed E-state index contributed by atoms with van der Waals surface area (Å²) in [6, 6.07) is 13.5. The molecule has 0 bridgehead atoms. The van der Waals surface area contributed by atoms with Crippen LogP contribution < -0.4 is 4.90 Å². The number of para-hydroxylation sites is 1. The van der Waals surface area contributed by atoms with Crippen molar-refractivity contribution in [1.82, 2.24) is 0 Å². The Morgan fingerprint density at radius 3 is 2.68 bits per heavy atom. The number of aliphatic hydroxyl groups excluding tert-OH is 1. The summed E-state index contributed by atoms with van der Waals surface area (Å²) in [7, 11) is 2.00. The van der Waals surface area contributed by atoms with Crippen LogP contribution >= 0.6 is 11.3 Å². The molecule has 0 amide bonds. The molecule has 2 rings (SSSR count). The molecule has 0 aliphatic carbocycles. The zero-order chi connectivity index (χ0) is 15.9. The van der Waals surface area contributed by atoms with E-state index >= 15 is 0 Å². The van der Waals surface area contributed by atoms with Crippen LogP contribution in [0.3, 0.4) is 0 Å². The highest BCUT2D eigenvalue weighted by molar-refractivity contribution is 7.14. The second-order valence-corrected chi connectivity index (χ2v) is 6.10.